The van der Waals surface area contributed by atoms with E-state index in [1.807, 2.05) is 30.6 Å². The fourth-order valence-electron chi connectivity index (χ4n) is 17.0. The third-order valence-electron chi connectivity index (χ3n) is 24.7. The number of amides is 7. The standard InChI is InChI=1S/C25H31F3N2O2S.C24H29F3N2O2S.C23H26F6N2O2S.C15H20BrNOS/c1-16(19-8-3-4-9-20(19)25(26,27)28)14-21-29-23(32)24(2,33-21)15-17-10-12-30(13-11-17)22(31)18-6-5-7-18;1-15(18-5-3-4-6-19(18)24(25,26)27)13-20-28-22(31)23(2,32-20)14-16-9-11-29(12-10-16)21(30)17-7-8-17;1-14(16-5-3-4-6-17(16)23(27,28)29)11-18-30-20(33)21(2,34-18)12-15-7-9-31(10-8-15)19(32)13-22(24,25)26;1-9(2)15(4)8-11(17-14(15)18)7-10(3)12-5-6-13(16)19-12/h3-4,8-9,16-18H,5-7,10-15H2,1-2H3;3-6,15-17H,7-14H2,1-2H3;3-6,14-15H,7-13H2,1-2H3;5-6,9-10H,7-8H2,1-4H3/t16-,24?;15-,23?;14-,21?;10-,15?/m1111/s1. The summed E-state index contributed by atoms with van der Waals surface area (Å²) in [5, 5.41) is 1.71. The molecular weight excluding hydrogens is 1690 g/mol. The van der Waals surface area contributed by atoms with Gasteiger partial charge >= 0.3 is 24.7 Å². The van der Waals surface area contributed by atoms with E-state index in [9.17, 15) is 86.2 Å². The Kier molecular flexibility index (Phi) is 30.9. The van der Waals surface area contributed by atoms with Crippen LogP contribution in [-0.4, -0.2) is 137 Å². The quantitative estimate of drug-likeness (QED) is 0.0688. The molecule has 7 amide bonds. The molecule has 13 rings (SSSR count). The Morgan fingerprint density at radius 3 is 1.07 bits per heavy atom. The van der Waals surface area contributed by atoms with Crippen molar-refractivity contribution in [3.8, 4) is 0 Å². The van der Waals surface area contributed by atoms with Gasteiger partial charge in [0.1, 0.15) is 20.7 Å². The lowest BCUT2D eigenvalue weighted by molar-refractivity contribution is -0.162. The molecule has 0 radical (unpaired) electrons. The molecule has 14 nitrogen and oxygen atoms in total. The number of likely N-dealkylation sites (tertiary alicyclic amines) is 3. The summed E-state index contributed by atoms with van der Waals surface area (Å²) in [6.07, 6.45) is -5.29. The molecule has 3 saturated heterocycles. The second kappa shape index (κ2) is 38.7. The molecule has 31 heteroatoms. The van der Waals surface area contributed by atoms with Crippen molar-refractivity contribution < 1.29 is 86.2 Å². The zero-order valence-corrected chi connectivity index (χ0v) is 73.1. The van der Waals surface area contributed by atoms with Crippen LogP contribution in [0.25, 0.3) is 0 Å². The molecule has 9 aliphatic rings. The van der Waals surface area contributed by atoms with Crippen LogP contribution in [0.15, 0.2) is 109 Å². The minimum absolute atomic E-state index is 0.0364. The van der Waals surface area contributed by atoms with Crippen LogP contribution >= 0.6 is 62.6 Å². The highest BCUT2D eigenvalue weighted by Crippen LogP contribution is 2.50. The van der Waals surface area contributed by atoms with Crippen molar-refractivity contribution in [3.63, 3.8) is 0 Å². The number of hydrogen-bond acceptors (Lipinski definition) is 11. The van der Waals surface area contributed by atoms with Crippen molar-refractivity contribution in [1.82, 2.24) is 14.7 Å². The van der Waals surface area contributed by atoms with Crippen molar-refractivity contribution in [2.45, 2.75) is 260 Å². The Hall–Kier alpha value is -6.18. The van der Waals surface area contributed by atoms with E-state index < -0.39 is 85.7 Å². The van der Waals surface area contributed by atoms with Gasteiger partial charge in [-0.2, -0.15) is 52.7 Å². The van der Waals surface area contributed by atoms with Crippen LogP contribution in [0.2, 0.25) is 0 Å². The van der Waals surface area contributed by atoms with Crippen molar-refractivity contribution in [3.05, 3.63) is 127 Å². The molecule has 4 unspecified atom stereocenters. The van der Waals surface area contributed by atoms with Gasteiger partial charge in [-0.15, -0.1) is 11.3 Å². The summed E-state index contributed by atoms with van der Waals surface area (Å²) in [5.74, 6) is -0.390. The van der Waals surface area contributed by atoms with Crippen LogP contribution in [0.3, 0.4) is 0 Å². The van der Waals surface area contributed by atoms with Gasteiger partial charge in [-0.3, -0.25) is 33.6 Å². The van der Waals surface area contributed by atoms with E-state index in [-0.39, 0.29) is 94.8 Å². The molecule has 7 aliphatic heterocycles. The number of aliphatic imine (C=N–C) groups is 4. The number of carbonyl (C=O) groups is 7. The molecule has 2 saturated carbocycles. The molecule has 5 fully saturated rings. The van der Waals surface area contributed by atoms with Gasteiger partial charge in [-0.1, -0.05) is 145 Å². The molecule has 118 heavy (non-hydrogen) atoms. The van der Waals surface area contributed by atoms with Gasteiger partial charge in [0.15, 0.2) is 0 Å². The topological polar surface area (TPSA) is 179 Å². The molecule has 4 aromatic rings. The smallest absolute Gasteiger partial charge is 0.342 e. The molecule has 646 valence electrons. The van der Waals surface area contributed by atoms with Gasteiger partial charge in [-0.05, 0) is 221 Å². The first-order valence-corrected chi connectivity index (χ1v) is 44.9. The molecule has 8 heterocycles. The summed E-state index contributed by atoms with van der Waals surface area (Å²) in [6.45, 7) is 22.6. The predicted molar refractivity (Wildman–Crippen MR) is 446 cm³/mol. The number of thiophene rings is 1. The number of benzene rings is 3. The summed E-state index contributed by atoms with van der Waals surface area (Å²) in [5.41, 5.74) is -0.558. The molecule has 0 spiro atoms. The van der Waals surface area contributed by atoms with Gasteiger partial charge in [-0.25, -0.2) is 20.0 Å². The Balaban J connectivity index is 0.000000169. The van der Waals surface area contributed by atoms with Crippen molar-refractivity contribution in [2.24, 2.45) is 60.9 Å². The number of piperidine rings is 3. The second-order valence-corrected chi connectivity index (χ2v) is 41.9. The highest BCUT2D eigenvalue weighted by molar-refractivity contribution is 9.11. The molecular formula is C87H106BrF12N7O7S4. The van der Waals surface area contributed by atoms with E-state index in [1.165, 1.54) is 81.5 Å². The lowest BCUT2D eigenvalue weighted by Crippen LogP contribution is -2.44. The fraction of sp³-hybridized carbons (Fsp3) is 0.621. The minimum Gasteiger partial charge on any atom is -0.342 e. The Labute approximate surface area is 708 Å². The Morgan fingerprint density at radius 1 is 0.441 bits per heavy atom. The average Bonchev–Trinajstić information content (AvgIpc) is 1.65. The first-order valence-electron chi connectivity index (χ1n) is 40.8. The highest BCUT2D eigenvalue weighted by atomic mass is 79.9. The van der Waals surface area contributed by atoms with E-state index in [2.05, 4.69) is 68.8 Å². The fourth-order valence-corrected chi connectivity index (χ4v) is 22.7. The summed E-state index contributed by atoms with van der Waals surface area (Å²) in [6, 6.07) is 20.8. The number of rotatable bonds is 22. The van der Waals surface area contributed by atoms with Crippen LogP contribution in [0.5, 0.6) is 0 Å². The van der Waals surface area contributed by atoms with Crippen molar-refractivity contribution in [2.75, 3.05) is 39.3 Å². The summed E-state index contributed by atoms with van der Waals surface area (Å²) in [4.78, 5) is 110. The molecule has 2 aliphatic carbocycles. The second-order valence-electron chi connectivity index (χ2n) is 34.6. The normalized spacial score (nSPS) is 24.9. The first-order chi connectivity index (χ1) is 55.1. The maximum absolute atomic E-state index is 13.4. The SMILES string of the molecule is CC(C)C1(C)CC(C[C@@H](C)c2ccc(Br)s2)=NC1=O.C[C@H](CC1=NC(=O)C(C)(CC2CCN(C(=O)C3CC3)CC2)S1)c1ccccc1C(F)(F)F.C[C@H](CC1=NC(=O)C(C)(CC2CCN(C(=O)C3CCC3)CC2)S1)c1ccccc1C(F)(F)F.C[C@H](CC1=NC(=O)C(C)(CC2CCN(C(=O)CC(F)(F)F)CC2)S1)c1ccccc1C(F)(F)F. The summed E-state index contributed by atoms with van der Waals surface area (Å²) in [7, 11) is 0. The number of alkyl halides is 12. The van der Waals surface area contributed by atoms with E-state index >= 15 is 0 Å². The lowest BCUT2D eigenvalue weighted by atomic mass is 9.76. The maximum atomic E-state index is 13.4. The molecule has 8 atom stereocenters. The van der Waals surface area contributed by atoms with Crippen LogP contribution in [0.1, 0.15) is 260 Å². The third-order valence-corrected chi connectivity index (χ3v) is 30.4. The van der Waals surface area contributed by atoms with E-state index in [4.69, 9.17) is 0 Å². The largest absolute Gasteiger partial charge is 0.416 e. The van der Waals surface area contributed by atoms with Gasteiger partial charge in [0, 0.05) is 87.4 Å². The average molecular weight is 1800 g/mol. The van der Waals surface area contributed by atoms with Crippen LogP contribution in [0, 0.1) is 40.9 Å². The van der Waals surface area contributed by atoms with Gasteiger partial charge in [0.25, 0.3) is 23.6 Å². The summed E-state index contributed by atoms with van der Waals surface area (Å²) < 4.78 is 157. The molecule has 0 bridgehead atoms. The van der Waals surface area contributed by atoms with Crippen molar-refractivity contribution in [1.29, 1.82) is 0 Å². The molecule has 3 aromatic carbocycles. The number of hydrogen-bond donors (Lipinski definition) is 0. The maximum Gasteiger partial charge on any atom is 0.416 e. The zero-order valence-electron chi connectivity index (χ0n) is 68.3. The summed E-state index contributed by atoms with van der Waals surface area (Å²) >= 11 is 9.34. The minimum atomic E-state index is -4.54. The van der Waals surface area contributed by atoms with E-state index in [0.29, 0.717) is 83.7 Å². The van der Waals surface area contributed by atoms with Crippen LogP contribution < -0.4 is 0 Å². The predicted octanol–water partition coefficient (Wildman–Crippen LogP) is 23.0. The molecule has 0 N–H and O–H groups in total. The van der Waals surface area contributed by atoms with Crippen molar-refractivity contribution >= 4 is 125 Å². The van der Waals surface area contributed by atoms with Gasteiger partial charge in [0.2, 0.25) is 17.7 Å². The zero-order chi connectivity index (χ0) is 86.4. The Morgan fingerprint density at radius 2 is 0.780 bits per heavy atom. The number of carbonyl (C=O) groups excluding carboxylic acids is 7. The van der Waals surface area contributed by atoms with Crippen LogP contribution in [-0.2, 0) is 52.1 Å². The van der Waals surface area contributed by atoms with Gasteiger partial charge in [0.05, 0.1) is 41.0 Å². The third kappa shape index (κ3) is 24.4. The lowest BCUT2D eigenvalue weighted by Gasteiger charge is -2.38. The number of nitrogens with zero attached hydrogens (tertiary/aromatic N) is 7. The first kappa shape index (κ1) is 94.1. The highest BCUT2D eigenvalue weighted by Gasteiger charge is 2.50. The number of thioether (sulfide) groups is 3. The number of halogens is 13. The Bertz CT molecular complexity index is 4420. The van der Waals surface area contributed by atoms with Crippen LogP contribution in [0.4, 0.5) is 52.7 Å². The van der Waals surface area contributed by atoms with E-state index in [1.54, 1.807) is 57.2 Å². The van der Waals surface area contributed by atoms with E-state index in [0.717, 1.165) is 125 Å². The van der Waals surface area contributed by atoms with Gasteiger partial charge < -0.3 is 14.7 Å². The monoisotopic (exact) mass is 1800 g/mol. The molecule has 1 aromatic heterocycles.